The summed E-state index contributed by atoms with van der Waals surface area (Å²) in [5.41, 5.74) is 3.45. The number of nitrogens with one attached hydrogen (secondary N) is 1. The van der Waals surface area contributed by atoms with Gasteiger partial charge in [0.25, 0.3) is 0 Å². The Kier molecular flexibility index (Phi) is 3.26. The average Bonchev–Trinajstić information content (AvgIpc) is 2.85. The maximum Gasteiger partial charge on any atom is 0.161 e. The van der Waals surface area contributed by atoms with Gasteiger partial charge in [-0.25, -0.2) is 9.97 Å². The lowest BCUT2D eigenvalue weighted by Crippen LogP contribution is -2.03. The summed E-state index contributed by atoms with van der Waals surface area (Å²) in [4.78, 5) is 9.30. The molecule has 1 aromatic heterocycles. The predicted octanol–water partition coefficient (Wildman–Crippen LogP) is 3.69. The molecule has 0 saturated carbocycles. The summed E-state index contributed by atoms with van der Waals surface area (Å²) in [7, 11) is 1.91. The fourth-order valence-corrected chi connectivity index (χ4v) is 3.46. The van der Waals surface area contributed by atoms with E-state index in [0.717, 1.165) is 38.9 Å². The lowest BCUT2D eigenvalue weighted by molar-refractivity contribution is 1.07. The van der Waals surface area contributed by atoms with Gasteiger partial charge in [-0.15, -0.1) is 0 Å². The number of hydrogen-bond donors (Lipinski definition) is 1. The molecule has 0 bridgehead atoms. The molecule has 5 heteroatoms. The zero-order valence-electron chi connectivity index (χ0n) is 9.90. The van der Waals surface area contributed by atoms with Gasteiger partial charge in [0.05, 0.1) is 5.69 Å². The Bertz CT molecular complexity index is 601. The molecule has 1 aromatic carbocycles. The van der Waals surface area contributed by atoms with Crippen LogP contribution in [-0.4, -0.2) is 17.0 Å². The van der Waals surface area contributed by atoms with Gasteiger partial charge in [-0.3, -0.25) is 0 Å². The van der Waals surface area contributed by atoms with Crippen molar-refractivity contribution in [3.05, 3.63) is 40.0 Å². The molecule has 0 atom stereocenters. The number of benzene rings is 1. The van der Waals surface area contributed by atoms with E-state index in [1.54, 1.807) is 0 Å². The Morgan fingerprint density at radius 1 is 1.28 bits per heavy atom. The van der Waals surface area contributed by atoms with Crippen molar-refractivity contribution in [1.29, 1.82) is 0 Å². The average molecular weight is 322 g/mol. The highest BCUT2D eigenvalue weighted by atomic mass is 79.9. The SMILES string of the molecule is CNc1nc(-c2cccc(Br)c2)nc2c1CSC2. The number of nitrogens with zero attached hydrogens (tertiary/aromatic N) is 2. The Balaban J connectivity index is 2.13. The number of halogens is 1. The van der Waals surface area contributed by atoms with E-state index in [0.29, 0.717) is 0 Å². The second-order valence-electron chi connectivity index (χ2n) is 4.07. The second kappa shape index (κ2) is 4.90. The summed E-state index contributed by atoms with van der Waals surface area (Å²) in [5.74, 6) is 3.74. The molecule has 3 nitrogen and oxygen atoms in total. The van der Waals surface area contributed by atoms with Crippen molar-refractivity contribution in [3.63, 3.8) is 0 Å². The minimum absolute atomic E-state index is 0.793. The molecule has 0 unspecified atom stereocenters. The molecule has 92 valence electrons. The van der Waals surface area contributed by atoms with Crippen molar-refractivity contribution in [3.8, 4) is 11.4 Å². The molecule has 3 rings (SSSR count). The monoisotopic (exact) mass is 321 g/mol. The largest absolute Gasteiger partial charge is 0.373 e. The van der Waals surface area contributed by atoms with Crippen LogP contribution in [0.1, 0.15) is 11.3 Å². The maximum atomic E-state index is 4.68. The normalized spacial score (nSPS) is 13.4. The highest BCUT2D eigenvalue weighted by Gasteiger charge is 2.19. The topological polar surface area (TPSA) is 37.8 Å². The molecule has 0 spiro atoms. The molecule has 0 fully saturated rings. The van der Waals surface area contributed by atoms with Crippen LogP contribution in [0, 0.1) is 0 Å². The fourth-order valence-electron chi connectivity index (χ4n) is 2.01. The van der Waals surface area contributed by atoms with Gasteiger partial charge in [0.15, 0.2) is 5.82 Å². The lowest BCUT2D eigenvalue weighted by atomic mass is 10.2. The maximum absolute atomic E-state index is 4.68. The first-order valence-electron chi connectivity index (χ1n) is 5.69. The van der Waals surface area contributed by atoms with Gasteiger partial charge in [0.2, 0.25) is 0 Å². The Hall–Kier alpha value is -1.07. The van der Waals surface area contributed by atoms with E-state index in [2.05, 4.69) is 31.2 Å². The third kappa shape index (κ3) is 2.12. The molecule has 1 N–H and O–H groups in total. The number of fused-ring (bicyclic) bond motifs is 1. The number of hydrogen-bond acceptors (Lipinski definition) is 4. The van der Waals surface area contributed by atoms with Crippen molar-refractivity contribution in [1.82, 2.24) is 9.97 Å². The van der Waals surface area contributed by atoms with Gasteiger partial charge in [-0.05, 0) is 12.1 Å². The standard InChI is InChI=1S/C13H12BrN3S/c1-15-13-10-6-18-7-11(10)16-12(17-13)8-3-2-4-9(14)5-8/h2-5H,6-7H2,1H3,(H,15,16,17). The van der Waals surface area contributed by atoms with Crippen LogP contribution in [0.2, 0.25) is 0 Å². The summed E-state index contributed by atoms with van der Waals surface area (Å²) in [6.07, 6.45) is 0. The highest BCUT2D eigenvalue weighted by Crippen LogP contribution is 2.34. The molecule has 0 saturated heterocycles. The number of aromatic nitrogens is 2. The van der Waals surface area contributed by atoms with Gasteiger partial charge >= 0.3 is 0 Å². The molecule has 0 amide bonds. The summed E-state index contributed by atoms with van der Waals surface area (Å²) in [6.45, 7) is 0. The van der Waals surface area contributed by atoms with Crippen LogP contribution in [0.5, 0.6) is 0 Å². The van der Waals surface area contributed by atoms with Gasteiger partial charge in [0.1, 0.15) is 5.82 Å². The molecule has 2 heterocycles. The first kappa shape index (κ1) is 12.0. The van der Waals surface area contributed by atoms with E-state index in [4.69, 9.17) is 0 Å². The van der Waals surface area contributed by atoms with Crippen LogP contribution in [0.25, 0.3) is 11.4 Å². The summed E-state index contributed by atoms with van der Waals surface area (Å²) in [6, 6.07) is 8.09. The third-order valence-electron chi connectivity index (χ3n) is 2.90. The zero-order valence-corrected chi connectivity index (χ0v) is 12.3. The van der Waals surface area contributed by atoms with E-state index in [1.807, 2.05) is 43.1 Å². The molecule has 0 radical (unpaired) electrons. The van der Waals surface area contributed by atoms with Crippen molar-refractivity contribution in [2.45, 2.75) is 11.5 Å². The fraction of sp³-hybridized carbons (Fsp3) is 0.231. The van der Waals surface area contributed by atoms with E-state index < -0.39 is 0 Å². The summed E-state index contributed by atoms with van der Waals surface area (Å²) < 4.78 is 1.05. The van der Waals surface area contributed by atoms with Crippen molar-refractivity contribution in [2.24, 2.45) is 0 Å². The summed E-state index contributed by atoms with van der Waals surface area (Å²) >= 11 is 5.37. The van der Waals surface area contributed by atoms with Crippen LogP contribution >= 0.6 is 27.7 Å². The van der Waals surface area contributed by atoms with Gasteiger partial charge in [-0.1, -0.05) is 28.1 Å². The smallest absolute Gasteiger partial charge is 0.161 e. The first-order valence-corrected chi connectivity index (χ1v) is 7.64. The van der Waals surface area contributed by atoms with Crippen LogP contribution in [0.15, 0.2) is 28.7 Å². The highest BCUT2D eigenvalue weighted by molar-refractivity contribution is 9.10. The predicted molar refractivity (Wildman–Crippen MR) is 79.7 cm³/mol. The van der Waals surface area contributed by atoms with E-state index >= 15 is 0 Å². The molecular formula is C13H12BrN3S. The molecule has 1 aliphatic rings. The minimum Gasteiger partial charge on any atom is -0.373 e. The van der Waals surface area contributed by atoms with Crippen molar-refractivity contribution >= 4 is 33.5 Å². The Morgan fingerprint density at radius 3 is 2.94 bits per heavy atom. The van der Waals surface area contributed by atoms with E-state index in [-0.39, 0.29) is 0 Å². The molecule has 0 aliphatic carbocycles. The lowest BCUT2D eigenvalue weighted by Gasteiger charge is -2.09. The first-order chi connectivity index (χ1) is 8.78. The zero-order chi connectivity index (χ0) is 12.5. The molecular weight excluding hydrogens is 310 g/mol. The van der Waals surface area contributed by atoms with Gasteiger partial charge in [0, 0.05) is 34.2 Å². The second-order valence-corrected chi connectivity index (χ2v) is 5.98. The number of anilines is 1. The third-order valence-corrected chi connectivity index (χ3v) is 4.36. The number of thioether (sulfide) groups is 1. The minimum atomic E-state index is 0.793. The van der Waals surface area contributed by atoms with Crippen molar-refractivity contribution < 1.29 is 0 Å². The molecule has 18 heavy (non-hydrogen) atoms. The number of rotatable bonds is 2. The van der Waals surface area contributed by atoms with E-state index in [9.17, 15) is 0 Å². The Morgan fingerprint density at radius 2 is 2.17 bits per heavy atom. The summed E-state index contributed by atoms with van der Waals surface area (Å²) in [5, 5.41) is 3.18. The molecule has 2 aromatic rings. The quantitative estimate of drug-likeness (QED) is 0.915. The van der Waals surface area contributed by atoms with Gasteiger partial charge in [-0.2, -0.15) is 11.8 Å². The van der Waals surface area contributed by atoms with Crippen LogP contribution < -0.4 is 5.32 Å². The Labute approximate surface area is 119 Å². The van der Waals surface area contributed by atoms with Crippen LogP contribution in [-0.2, 0) is 11.5 Å². The van der Waals surface area contributed by atoms with Crippen LogP contribution in [0.4, 0.5) is 5.82 Å². The van der Waals surface area contributed by atoms with Crippen molar-refractivity contribution in [2.75, 3.05) is 12.4 Å². The van der Waals surface area contributed by atoms with E-state index in [1.165, 1.54) is 5.56 Å². The molecule has 1 aliphatic heterocycles. The van der Waals surface area contributed by atoms with Gasteiger partial charge < -0.3 is 5.32 Å². The van der Waals surface area contributed by atoms with Crippen LogP contribution in [0.3, 0.4) is 0 Å².